The van der Waals surface area contributed by atoms with Crippen LogP contribution in [-0.2, 0) is 9.16 Å². The van der Waals surface area contributed by atoms with Gasteiger partial charge in [0.1, 0.15) is 0 Å². The standard InChI is InChI=1S/C17H34O2Si/c1-7-8-9-11-15-12-10-13-16(14-18-15)19-20(5,6)17(2,3)4/h10,12,15-16H,7-9,11,13-14H2,1-6H3. The van der Waals surface area contributed by atoms with Crippen molar-refractivity contribution in [3.05, 3.63) is 12.2 Å². The predicted octanol–water partition coefficient (Wildman–Crippen LogP) is 5.30. The van der Waals surface area contributed by atoms with Gasteiger partial charge in [-0.3, -0.25) is 0 Å². The molecule has 0 aromatic heterocycles. The second kappa shape index (κ2) is 7.76. The van der Waals surface area contributed by atoms with Gasteiger partial charge in [-0.2, -0.15) is 0 Å². The average molecular weight is 299 g/mol. The van der Waals surface area contributed by atoms with Crippen LogP contribution in [0.25, 0.3) is 0 Å². The number of hydrogen-bond acceptors (Lipinski definition) is 2. The molecule has 0 bridgehead atoms. The first kappa shape index (κ1) is 17.9. The van der Waals surface area contributed by atoms with Crippen molar-refractivity contribution in [1.82, 2.24) is 0 Å². The summed E-state index contributed by atoms with van der Waals surface area (Å²) in [4.78, 5) is 0. The van der Waals surface area contributed by atoms with Gasteiger partial charge >= 0.3 is 0 Å². The molecule has 0 aromatic carbocycles. The molecule has 0 amide bonds. The summed E-state index contributed by atoms with van der Waals surface area (Å²) >= 11 is 0. The van der Waals surface area contributed by atoms with Crippen molar-refractivity contribution in [3.63, 3.8) is 0 Å². The maximum absolute atomic E-state index is 6.46. The van der Waals surface area contributed by atoms with E-state index in [4.69, 9.17) is 9.16 Å². The van der Waals surface area contributed by atoms with E-state index in [0.717, 1.165) is 19.4 Å². The monoisotopic (exact) mass is 298 g/mol. The van der Waals surface area contributed by atoms with Crippen LogP contribution in [0.15, 0.2) is 12.2 Å². The minimum Gasteiger partial charge on any atom is -0.411 e. The van der Waals surface area contributed by atoms with E-state index in [1.54, 1.807) is 0 Å². The third-order valence-electron chi connectivity index (χ3n) is 4.61. The van der Waals surface area contributed by atoms with E-state index in [0.29, 0.717) is 6.10 Å². The molecule has 0 aromatic rings. The molecule has 0 spiro atoms. The van der Waals surface area contributed by atoms with Crippen LogP contribution < -0.4 is 0 Å². The minimum atomic E-state index is -1.68. The molecule has 1 heterocycles. The number of hydrogen-bond donors (Lipinski definition) is 0. The van der Waals surface area contributed by atoms with E-state index in [1.165, 1.54) is 19.3 Å². The first-order valence-corrected chi connectivity index (χ1v) is 11.1. The summed E-state index contributed by atoms with van der Waals surface area (Å²) < 4.78 is 12.5. The van der Waals surface area contributed by atoms with Gasteiger partial charge in [0.05, 0.1) is 18.8 Å². The Kier molecular flexibility index (Phi) is 6.96. The Balaban J connectivity index is 2.44. The van der Waals surface area contributed by atoms with Crippen LogP contribution in [0.1, 0.15) is 59.8 Å². The quantitative estimate of drug-likeness (QED) is 0.376. The SMILES string of the molecule is CCCCCC1C=CCC(O[Si](C)(C)C(C)(C)C)CO1. The van der Waals surface area contributed by atoms with Crippen LogP contribution in [0, 0.1) is 0 Å². The second-order valence-corrected chi connectivity index (χ2v) is 12.3. The maximum Gasteiger partial charge on any atom is 0.192 e. The van der Waals surface area contributed by atoms with Crippen molar-refractivity contribution in [2.24, 2.45) is 0 Å². The lowest BCUT2D eigenvalue weighted by molar-refractivity contribution is 0.0184. The van der Waals surface area contributed by atoms with Gasteiger partial charge in [0.2, 0.25) is 0 Å². The highest BCUT2D eigenvalue weighted by molar-refractivity contribution is 6.74. The Hall–Kier alpha value is -0.123. The molecule has 0 fully saturated rings. The lowest BCUT2D eigenvalue weighted by Crippen LogP contribution is -2.45. The second-order valence-electron chi connectivity index (χ2n) is 7.53. The molecule has 1 aliphatic rings. The smallest absolute Gasteiger partial charge is 0.192 e. The van der Waals surface area contributed by atoms with E-state index in [1.807, 2.05) is 0 Å². The largest absolute Gasteiger partial charge is 0.411 e. The fraction of sp³-hybridized carbons (Fsp3) is 0.882. The highest BCUT2D eigenvalue weighted by Gasteiger charge is 2.39. The summed E-state index contributed by atoms with van der Waals surface area (Å²) in [6.45, 7) is 14.5. The van der Waals surface area contributed by atoms with Gasteiger partial charge in [0, 0.05) is 0 Å². The van der Waals surface area contributed by atoms with E-state index in [2.05, 4.69) is 52.9 Å². The van der Waals surface area contributed by atoms with Gasteiger partial charge in [-0.15, -0.1) is 0 Å². The molecule has 20 heavy (non-hydrogen) atoms. The van der Waals surface area contributed by atoms with Crippen LogP contribution in [0.2, 0.25) is 18.1 Å². The van der Waals surface area contributed by atoms with E-state index < -0.39 is 8.32 Å². The fourth-order valence-electron chi connectivity index (χ4n) is 2.19. The molecule has 118 valence electrons. The molecule has 2 unspecified atom stereocenters. The van der Waals surface area contributed by atoms with Crippen LogP contribution >= 0.6 is 0 Å². The van der Waals surface area contributed by atoms with Crippen molar-refractivity contribution >= 4 is 8.32 Å². The fourth-order valence-corrected chi connectivity index (χ4v) is 3.54. The van der Waals surface area contributed by atoms with E-state index in [9.17, 15) is 0 Å². The van der Waals surface area contributed by atoms with Crippen molar-refractivity contribution in [1.29, 1.82) is 0 Å². The zero-order valence-electron chi connectivity index (χ0n) is 14.4. The number of rotatable bonds is 6. The highest BCUT2D eigenvalue weighted by Crippen LogP contribution is 2.37. The number of ether oxygens (including phenoxy) is 1. The Labute approximate surface area is 127 Å². The molecule has 0 saturated carbocycles. The molecular weight excluding hydrogens is 264 g/mol. The van der Waals surface area contributed by atoms with Crippen molar-refractivity contribution < 1.29 is 9.16 Å². The summed E-state index contributed by atoms with van der Waals surface area (Å²) in [7, 11) is -1.68. The van der Waals surface area contributed by atoms with Gasteiger partial charge in [-0.05, 0) is 31.0 Å². The normalized spacial score (nSPS) is 24.7. The zero-order valence-corrected chi connectivity index (χ0v) is 15.4. The first-order valence-electron chi connectivity index (χ1n) is 8.22. The van der Waals surface area contributed by atoms with Gasteiger partial charge < -0.3 is 9.16 Å². The third kappa shape index (κ3) is 5.70. The number of unbranched alkanes of at least 4 members (excludes halogenated alkanes) is 2. The van der Waals surface area contributed by atoms with E-state index >= 15 is 0 Å². The van der Waals surface area contributed by atoms with Gasteiger partial charge in [0.15, 0.2) is 8.32 Å². The van der Waals surface area contributed by atoms with Gasteiger partial charge in [-0.25, -0.2) is 0 Å². The van der Waals surface area contributed by atoms with Gasteiger partial charge in [0.25, 0.3) is 0 Å². The van der Waals surface area contributed by atoms with E-state index in [-0.39, 0.29) is 11.1 Å². The Bertz CT molecular complexity index is 305. The summed E-state index contributed by atoms with van der Waals surface area (Å²) in [6, 6.07) is 0. The summed E-state index contributed by atoms with van der Waals surface area (Å²) in [5.74, 6) is 0. The van der Waals surface area contributed by atoms with Crippen molar-refractivity contribution in [2.75, 3.05) is 6.61 Å². The first-order chi connectivity index (χ1) is 9.26. The molecule has 3 heteroatoms. The molecule has 2 nitrogen and oxygen atoms in total. The molecule has 1 rings (SSSR count). The molecule has 0 saturated heterocycles. The molecule has 0 radical (unpaired) electrons. The topological polar surface area (TPSA) is 18.5 Å². The summed E-state index contributed by atoms with van der Waals surface area (Å²) in [6.07, 6.45) is 11.0. The average Bonchev–Trinajstić information content (AvgIpc) is 2.53. The Morgan fingerprint density at radius 3 is 2.55 bits per heavy atom. The summed E-state index contributed by atoms with van der Waals surface area (Å²) in [5, 5.41) is 0.267. The molecule has 2 atom stereocenters. The third-order valence-corrected chi connectivity index (χ3v) is 9.14. The van der Waals surface area contributed by atoms with Gasteiger partial charge in [-0.1, -0.05) is 59.1 Å². The van der Waals surface area contributed by atoms with Crippen molar-refractivity contribution in [3.8, 4) is 0 Å². The van der Waals surface area contributed by atoms with Crippen LogP contribution in [0.5, 0.6) is 0 Å². The molecule has 0 aliphatic carbocycles. The maximum atomic E-state index is 6.46. The minimum absolute atomic E-state index is 0.239. The van der Waals surface area contributed by atoms with Crippen LogP contribution in [-0.4, -0.2) is 27.1 Å². The Morgan fingerprint density at radius 1 is 1.25 bits per heavy atom. The Morgan fingerprint density at radius 2 is 1.95 bits per heavy atom. The van der Waals surface area contributed by atoms with Crippen LogP contribution in [0.4, 0.5) is 0 Å². The molecule has 0 N–H and O–H groups in total. The highest BCUT2D eigenvalue weighted by atomic mass is 28.4. The predicted molar refractivity (Wildman–Crippen MR) is 89.7 cm³/mol. The lowest BCUT2D eigenvalue weighted by atomic mass is 10.1. The lowest BCUT2D eigenvalue weighted by Gasteiger charge is -2.39. The zero-order chi connectivity index (χ0) is 15.2. The summed E-state index contributed by atoms with van der Waals surface area (Å²) in [5.41, 5.74) is 0. The van der Waals surface area contributed by atoms with Crippen molar-refractivity contribution in [2.45, 2.75) is 90.1 Å². The molecule has 1 aliphatic heterocycles. The van der Waals surface area contributed by atoms with Crippen LogP contribution in [0.3, 0.4) is 0 Å². The molecular formula is C17H34O2Si.